The largest absolute Gasteiger partial charge is 0.302 e. The zero-order chi connectivity index (χ0) is 13.2. The van der Waals surface area contributed by atoms with Gasteiger partial charge in [-0.2, -0.15) is 0 Å². The molecule has 0 aliphatic carbocycles. The minimum atomic E-state index is 0.258. The number of thiazole rings is 1. The molecule has 0 saturated carbocycles. The van der Waals surface area contributed by atoms with Gasteiger partial charge in [0.05, 0.1) is 17.4 Å². The summed E-state index contributed by atoms with van der Waals surface area (Å²) < 4.78 is 2.14. The average Bonchev–Trinajstić information content (AvgIpc) is 3.03. The predicted molar refractivity (Wildman–Crippen MR) is 77.3 cm³/mol. The number of hydrogen-bond donors (Lipinski definition) is 1. The van der Waals surface area contributed by atoms with Crippen molar-refractivity contribution in [1.82, 2.24) is 19.7 Å². The van der Waals surface area contributed by atoms with E-state index in [0.717, 1.165) is 22.9 Å². The molecule has 0 radical (unpaired) electrons. The fourth-order valence-corrected chi connectivity index (χ4v) is 2.83. The zero-order valence-corrected chi connectivity index (χ0v) is 11.8. The monoisotopic (exact) mass is 272 g/mol. The molecule has 98 valence electrons. The molecule has 0 fully saturated rings. The normalized spacial score (nSPS) is 12.9. The second-order valence-corrected chi connectivity index (χ2v) is 5.47. The molecule has 0 aromatic carbocycles. The Hall–Kier alpha value is -1.72. The second-order valence-electron chi connectivity index (χ2n) is 4.55. The lowest BCUT2D eigenvalue weighted by atomic mass is 10.3. The number of pyridine rings is 1. The molecule has 3 aromatic heterocycles. The highest BCUT2D eigenvalue weighted by atomic mass is 32.1. The van der Waals surface area contributed by atoms with Crippen molar-refractivity contribution in [3.05, 3.63) is 52.4 Å². The van der Waals surface area contributed by atoms with Crippen LogP contribution in [0.4, 0.5) is 0 Å². The lowest BCUT2D eigenvalue weighted by Crippen LogP contribution is -2.19. The number of nitrogens with one attached hydrogen (secondary N) is 1. The molecule has 3 rings (SSSR count). The van der Waals surface area contributed by atoms with Crippen molar-refractivity contribution in [2.75, 3.05) is 0 Å². The van der Waals surface area contributed by atoms with E-state index in [9.17, 15) is 0 Å². The highest BCUT2D eigenvalue weighted by molar-refractivity contribution is 7.09. The van der Waals surface area contributed by atoms with Gasteiger partial charge in [-0.15, -0.1) is 11.3 Å². The number of hydrogen-bond acceptors (Lipinski definition) is 4. The van der Waals surface area contributed by atoms with Crippen LogP contribution in [0.5, 0.6) is 0 Å². The second kappa shape index (κ2) is 5.11. The summed E-state index contributed by atoms with van der Waals surface area (Å²) in [6, 6.07) is 6.33. The molecule has 0 saturated heterocycles. The molecule has 1 atom stereocenters. The van der Waals surface area contributed by atoms with Crippen molar-refractivity contribution in [3.8, 4) is 0 Å². The Morgan fingerprint density at radius 2 is 2.32 bits per heavy atom. The van der Waals surface area contributed by atoms with E-state index in [1.54, 1.807) is 11.3 Å². The van der Waals surface area contributed by atoms with Crippen molar-refractivity contribution in [2.24, 2.45) is 0 Å². The first-order valence-corrected chi connectivity index (χ1v) is 7.19. The minimum absolute atomic E-state index is 0.258. The summed E-state index contributed by atoms with van der Waals surface area (Å²) in [5.74, 6) is 0. The van der Waals surface area contributed by atoms with E-state index in [2.05, 4.69) is 39.7 Å². The molecule has 0 aliphatic heterocycles. The smallest absolute Gasteiger partial charge is 0.137 e. The van der Waals surface area contributed by atoms with Crippen LogP contribution in [0.3, 0.4) is 0 Å². The van der Waals surface area contributed by atoms with E-state index in [-0.39, 0.29) is 6.04 Å². The zero-order valence-electron chi connectivity index (χ0n) is 11.0. The molecule has 3 heterocycles. The first kappa shape index (κ1) is 12.3. The summed E-state index contributed by atoms with van der Waals surface area (Å²) in [5, 5.41) is 6.63. The molecule has 19 heavy (non-hydrogen) atoms. The first-order valence-electron chi connectivity index (χ1n) is 6.31. The van der Waals surface area contributed by atoms with Gasteiger partial charge in [-0.05, 0) is 26.0 Å². The summed E-state index contributed by atoms with van der Waals surface area (Å²) in [4.78, 5) is 8.90. The van der Waals surface area contributed by atoms with Crippen LogP contribution in [0.25, 0.3) is 5.65 Å². The van der Waals surface area contributed by atoms with Crippen molar-refractivity contribution >= 4 is 17.0 Å². The third-order valence-electron chi connectivity index (χ3n) is 3.23. The van der Waals surface area contributed by atoms with E-state index in [0.29, 0.717) is 0 Å². The van der Waals surface area contributed by atoms with Gasteiger partial charge >= 0.3 is 0 Å². The molecule has 5 heteroatoms. The van der Waals surface area contributed by atoms with E-state index in [1.807, 2.05) is 29.8 Å². The number of imidazole rings is 1. The van der Waals surface area contributed by atoms with E-state index >= 15 is 0 Å². The first-order chi connectivity index (χ1) is 9.25. The van der Waals surface area contributed by atoms with Crippen LogP contribution in [-0.4, -0.2) is 14.4 Å². The summed E-state index contributed by atoms with van der Waals surface area (Å²) >= 11 is 1.68. The van der Waals surface area contributed by atoms with Gasteiger partial charge in [-0.3, -0.25) is 0 Å². The Bertz CT molecular complexity index is 672. The average molecular weight is 272 g/mol. The van der Waals surface area contributed by atoms with Gasteiger partial charge in [0.1, 0.15) is 10.7 Å². The number of aromatic nitrogens is 3. The maximum Gasteiger partial charge on any atom is 0.137 e. The van der Waals surface area contributed by atoms with E-state index in [4.69, 9.17) is 0 Å². The Kier molecular flexibility index (Phi) is 3.31. The maximum atomic E-state index is 4.56. The lowest BCUT2D eigenvalue weighted by molar-refractivity contribution is 0.561. The molecule has 4 nitrogen and oxygen atoms in total. The molecule has 3 aromatic rings. The van der Waals surface area contributed by atoms with Gasteiger partial charge in [-0.1, -0.05) is 6.07 Å². The molecule has 0 spiro atoms. The standard InChI is InChI=1S/C14H16N4S/c1-10-12(18-7-4-3-5-13(18)17-10)9-16-11(2)14-15-6-8-19-14/h3-8,11,16H,9H2,1-2H3. The van der Waals surface area contributed by atoms with Crippen molar-refractivity contribution in [1.29, 1.82) is 0 Å². The highest BCUT2D eigenvalue weighted by Gasteiger charge is 2.11. The maximum absolute atomic E-state index is 4.56. The Labute approximate surface area is 116 Å². The van der Waals surface area contributed by atoms with Crippen LogP contribution in [-0.2, 0) is 6.54 Å². The third-order valence-corrected chi connectivity index (χ3v) is 4.18. The molecule has 1 N–H and O–H groups in total. The molecular formula is C14H16N4S. The highest BCUT2D eigenvalue weighted by Crippen LogP contribution is 2.17. The number of rotatable bonds is 4. The molecule has 1 unspecified atom stereocenters. The van der Waals surface area contributed by atoms with Gasteiger partial charge < -0.3 is 9.72 Å². The number of nitrogens with zero attached hydrogens (tertiary/aromatic N) is 3. The number of fused-ring (bicyclic) bond motifs is 1. The van der Waals surface area contributed by atoms with Gasteiger partial charge in [-0.25, -0.2) is 9.97 Å². The molecular weight excluding hydrogens is 256 g/mol. The topological polar surface area (TPSA) is 42.2 Å². The summed E-state index contributed by atoms with van der Waals surface area (Å²) in [7, 11) is 0. The Morgan fingerprint density at radius 1 is 1.42 bits per heavy atom. The third kappa shape index (κ3) is 2.39. The van der Waals surface area contributed by atoms with Crippen molar-refractivity contribution in [3.63, 3.8) is 0 Å². The summed E-state index contributed by atoms with van der Waals surface area (Å²) in [6.07, 6.45) is 3.90. The van der Waals surface area contributed by atoms with Gasteiger partial charge in [0.25, 0.3) is 0 Å². The summed E-state index contributed by atoms with van der Waals surface area (Å²) in [5.41, 5.74) is 3.28. The van der Waals surface area contributed by atoms with Crippen LogP contribution in [0.1, 0.15) is 29.4 Å². The fourth-order valence-electron chi connectivity index (χ4n) is 2.16. The van der Waals surface area contributed by atoms with Crippen LogP contribution < -0.4 is 5.32 Å². The molecule has 0 amide bonds. The quantitative estimate of drug-likeness (QED) is 0.794. The molecule has 0 bridgehead atoms. The lowest BCUT2D eigenvalue weighted by Gasteiger charge is -2.11. The van der Waals surface area contributed by atoms with E-state index < -0.39 is 0 Å². The summed E-state index contributed by atoms with van der Waals surface area (Å²) in [6.45, 7) is 4.98. The minimum Gasteiger partial charge on any atom is -0.302 e. The Morgan fingerprint density at radius 3 is 3.11 bits per heavy atom. The van der Waals surface area contributed by atoms with Gasteiger partial charge in [0.2, 0.25) is 0 Å². The van der Waals surface area contributed by atoms with E-state index in [1.165, 1.54) is 5.69 Å². The van der Waals surface area contributed by atoms with Crippen LogP contribution in [0.2, 0.25) is 0 Å². The van der Waals surface area contributed by atoms with Crippen LogP contribution in [0, 0.1) is 6.92 Å². The van der Waals surface area contributed by atoms with Crippen molar-refractivity contribution in [2.45, 2.75) is 26.4 Å². The Balaban J connectivity index is 1.80. The molecule has 0 aliphatic rings. The van der Waals surface area contributed by atoms with Crippen LogP contribution >= 0.6 is 11.3 Å². The fraction of sp³-hybridized carbons (Fsp3) is 0.286. The predicted octanol–water partition coefficient (Wildman–Crippen LogP) is 2.95. The van der Waals surface area contributed by atoms with Gasteiger partial charge in [0.15, 0.2) is 0 Å². The SMILES string of the molecule is Cc1nc2ccccn2c1CNC(C)c1nccs1. The van der Waals surface area contributed by atoms with Gasteiger partial charge in [0, 0.05) is 24.3 Å². The number of aryl methyl sites for hydroxylation is 1. The van der Waals surface area contributed by atoms with Crippen molar-refractivity contribution < 1.29 is 0 Å². The van der Waals surface area contributed by atoms with Crippen LogP contribution in [0.15, 0.2) is 36.0 Å².